The molecule has 106 valence electrons. The minimum absolute atomic E-state index is 0.198. The third-order valence-electron chi connectivity index (χ3n) is 2.88. The lowest BCUT2D eigenvalue weighted by atomic mass is 10.2. The molecule has 0 bridgehead atoms. The van der Waals surface area contributed by atoms with Crippen molar-refractivity contribution in [2.24, 2.45) is 0 Å². The molecule has 0 aliphatic carbocycles. The van der Waals surface area contributed by atoms with Crippen LogP contribution in [0, 0.1) is 19.7 Å². The molecule has 0 aliphatic rings. The SMILES string of the molecule is CCNCc1cc(F)ccc1Sc1cc(C)cc(C)n1. The summed E-state index contributed by atoms with van der Waals surface area (Å²) < 4.78 is 13.4. The first-order valence-electron chi connectivity index (χ1n) is 6.70. The van der Waals surface area contributed by atoms with Crippen molar-refractivity contribution in [3.05, 3.63) is 53.0 Å². The van der Waals surface area contributed by atoms with Crippen molar-refractivity contribution in [1.29, 1.82) is 0 Å². The fourth-order valence-electron chi connectivity index (χ4n) is 2.01. The number of hydrogen-bond donors (Lipinski definition) is 1. The number of aryl methyl sites for hydroxylation is 2. The van der Waals surface area contributed by atoms with Gasteiger partial charge < -0.3 is 5.32 Å². The van der Waals surface area contributed by atoms with Crippen molar-refractivity contribution in [3.63, 3.8) is 0 Å². The zero-order valence-corrected chi connectivity index (χ0v) is 12.9. The molecule has 0 aliphatic heterocycles. The Bertz CT molecular complexity index is 579. The van der Waals surface area contributed by atoms with Crippen LogP contribution >= 0.6 is 11.8 Å². The standard InChI is InChI=1S/C16H19FN2S/c1-4-18-10-13-9-14(17)5-6-15(13)20-16-8-11(2)7-12(3)19-16/h5-9,18H,4,10H2,1-3H3. The molecule has 0 spiro atoms. The van der Waals surface area contributed by atoms with E-state index in [0.29, 0.717) is 6.54 Å². The first kappa shape index (κ1) is 15.0. The number of benzene rings is 1. The third-order valence-corrected chi connectivity index (χ3v) is 3.91. The fraction of sp³-hybridized carbons (Fsp3) is 0.312. The van der Waals surface area contributed by atoms with Crippen LogP contribution in [0.3, 0.4) is 0 Å². The zero-order chi connectivity index (χ0) is 14.5. The van der Waals surface area contributed by atoms with E-state index in [-0.39, 0.29) is 5.82 Å². The van der Waals surface area contributed by atoms with Gasteiger partial charge in [-0.05, 0) is 61.9 Å². The summed E-state index contributed by atoms with van der Waals surface area (Å²) in [6.07, 6.45) is 0. The largest absolute Gasteiger partial charge is 0.313 e. The lowest BCUT2D eigenvalue weighted by molar-refractivity contribution is 0.619. The summed E-state index contributed by atoms with van der Waals surface area (Å²) in [5, 5.41) is 4.19. The first-order valence-corrected chi connectivity index (χ1v) is 7.52. The fourth-order valence-corrected chi connectivity index (χ4v) is 3.07. The Morgan fingerprint density at radius 1 is 1.20 bits per heavy atom. The second-order valence-corrected chi connectivity index (χ2v) is 5.82. The molecule has 1 N–H and O–H groups in total. The van der Waals surface area contributed by atoms with Gasteiger partial charge in [-0.3, -0.25) is 0 Å². The zero-order valence-electron chi connectivity index (χ0n) is 12.0. The minimum Gasteiger partial charge on any atom is -0.313 e. The molecule has 1 aromatic carbocycles. The molecule has 2 nitrogen and oxygen atoms in total. The maximum Gasteiger partial charge on any atom is 0.123 e. The smallest absolute Gasteiger partial charge is 0.123 e. The molecule has 0 radical (unpaired) electrons. The second kappa shape index (κ2) is 6.86. The van der Waals surface area contributed by atoms with E-state index >= 15 is 0 Å². The molecule has 0 atom stereocenters. The second-order valence-electron chi connectivity index (χ2n) is 4.76. The van der Waals surface area contributed by atoms with Gasteiger partial charge in [0, 0.05) is 17.1 Å². The summed E-state index contributed by atoms with van der Waals surface area (Å²) in [6.45, 7) is 7.62. The molecule has 0 amide bonds. The van der Waals surface area contributed by atoms with Crippen LogP contribution in [0.2, 0.25) is 0 Å². The molecule has 1 aromatic heterocycles. The number of aromatic nitrogens is 1. The van der Waals surface area contributed by atoms with Gasteiger partial charge in [0.05, 0.1) is 0 Å². The average molecular weight is 290 g/mol. The van der Waals surface area contributed by atoms with Crippen molar-refractivity contribution in [3.8, 4) is 0 Å². The van der Waals surface area contributed by atoms with Crippen LogP contribution in [0.1, 0.15) is 23.7 Å². The van der Waals surface area contributed by atoms with E-state index in [0.717, 1.165) is 27.7 Å². The van der Waals surface area contributed by atoms with Gasteiger partial charge in [-0.2, -0.15) is 0 Å². The molecule has 0 unspecified atom stereocenters. The van der Waals surface area contributed by atoms with Gasteiger partial charge in [0.2, 0.25) is 0 Å². The number of pyridine rings is 1. The number of hydrogen-bond acceptors (Lipinski definition) is 3. The number of nitrogens with one attached hydrogen (secondary N) is 1. The summed E-state index contributed by atoms with van der Waals surface area (Å²) in [4.78, 5) is 5.57. The summed E-state index contributed by atoms with van der Waals surface area (Å²) in [5.74, 6) is -0.198. The summed E-state index contributed by atoms with van der Waals surface area (Å²) in [7, 11) is 0. The van der Waals surface area contributed by atoms with Crippen molar-refractivity contribution in [1.82, 2.24) is 10.3 Å². The molecule has 0 saturated carbocycles. The Hall–Kier alpha value is -1.39. The van der Waals surface area contributed by atoms with Crippen molar-refractivity contribution in [2.75, 3.05) is 6.54 Å². The quantitative estimate of drug-likeness (QED) is 0.897. The van der Waals surface area contributed by atoms with Crippen LogP contribution in [-0.4, -0.2) is 11.5 Å². The van der Waals surface area contributed by atoms with E-state index in [1.807, 2.05) is 26.0 Å². The summed E-state index contributed by atoms with van der Waals surface area (Å²) in [6, 6.07) is 9.02. The molecule has 2 aromatic rings. The van der Waals surface area contributed by atoms with Gasteiger partial charge >= 0.3 is 0 Å². The highest BCUT2D eigenvalue weighted by Gasteiger charge is 2.07. The molecular weight excluding hydrogens is 271 g/mol. The van der Waals surface area contributed by atoms with Gasteiger partial charge in [-0.15, -0.1) is 0 Å². The van der Waals surface area contributed by atoms with Gasteiger partial charge in [-0.25, -0.2) is 9.37 Å². The van der Waals surface area contributed by atoms with Crippen LogP contribution in [0.5, 0.6) is 0 Å². The van der Waals surface area contributed by atoms with Crippen LogP contribution in [0.15, 0.2) is 40.3 Å². The summed E-state index contributed by atoms with van der Waals surface area (Å²) in [5.41, 5.74) is 3.16. The predicted octanol–water partition coefficient (Wildman–Crippen LogP) is 4.10. The van der Waals surface area contributed by atoms with Gasteiger partial charge in [-0.1, -0.05) is 18.7 Å². The Morgan fingerprint density at radius 3 is 2.70 bits per heavy atom. The van der Waals surface area contributed by atoms with Crippen LogP contribution < -0.4 is 5.32 Å². The Morgan fingerprint density at radius 2 is 2.00 bits per heavy atom. The first-order chi connectivity index (χ1) is 9.58. The van der Waals surface area contributed by atoms with E-state index in [1.165, 1.54) is 11.6 Å². The highest BCUT2D eigenvalue weighted by atomic mass is 32.2. The van der Waals surface area contributed by atoms with Crippen molar-refractivity contribution in [2.45, 2.75) is 37.2 Å². The van der Waals surface area contributed by atoms with E-state index in [1.54, 1.807) is 17.8 Å². The highest BCUT2D eigenvalue weighted by Crippen LogP contribution is 2.30. The lowest BCUT2D eigenvalue weighted by Gasteiger charge is -2.10. The topological polar surface area (TPSA) is 24.9 Å². The highest BCUT2D eigenvalue weighted by molar-refractivity contribution is 7.99. The number of rotatable bonds is 5. The van der Waals surface area contributed by atoms with E-state index in [9.17, 15) is 4.39 Å². The average Bonchev–Trinajstić information content (AvgIpc) is 2.38. The monoisotopic (exact) mass is 290 g/mol. The maximum absolute atomic E-state index is 13.4. The molecule has 0 fully saturated rings. The predicted molar refractivity (Wildman–Crippen MR) is 81.6 cm³/mol. The molecule has 20 heavy (non-hydrogen) atoms. The summed E-state index contributed by atoms with van der Waals surface area (Å²) >= 11 is 1.58. The van der Waals surface area contributed by atoms with Crippen LogP contribution in [-0.2, 0) is 6.54 Å². The number of halogens is 1. The third kappa shape index (κ3) is 4.05. The Kier molecular flexibility index (Phi) is 5.15. The lowest BCUT2D eigenvalue weighted by Crippen LogP contribution is -2.12. The molecule has 0 saturated heterocycles. The minimum atomic E-state index is -0.198. The normalized spacial score (nSPS) is 10.8. The van der Waals surface area contributed by atoms with Gasteiger partial charge in [0.25, 0.3) is 0 Å². The van der Waals surface area contributed by atoms with E-state index in [2.05, 4.69) is 23.3 Å². The molecule has 1 heterocycles. The van der Waals surface area contributed by atoms with Gasteiger partial charge in [0.15, 0.2) is 0 Å². The van der Waals surface area contributed by atoms with Gasteiger partial charge in [0.1, 0.15) is 10.8 Å². The molecule has 4 heteroatoms. The Labute approximate surface area is 123 Å². The van der Waals surface area contributed by atoms with Crippen LogP contribution in [0.4, 0.5) is 4.39 Å². The molecular formula is C16H19FN2S. The molecule has 2 rings (SSSR count). The van der Waals surface area contributed by atoms with Crippen molar-refractivity contribution < 1.29 is 4.39 Å². The maximum atomic E-state index is 13.4. The number of nitrogens with zero attached hydrogens (tertiary/aromatic N) is 1. The van der Waals surface area contributed by atoms with E-state index in [4.69, 9.17) is 0 Å². The van der Waals surface area contributed by atoms with Crippen molar-refractivity contribution >= 4 is 11.8 Å². The van der Waals surface area contributed by atoms with Crippen LogP contribution in [0.25, 0.3) is 0 Å². The Balaban J connectivity index is 2.27. The van der Waals surface area contributed by atoms with E-state index < -0.39 is 0 Å².